The Bertz CT molecular complexity index is 1140. The Morgan fingerprint density at radius 2 is 1.93 bits per heavy atom. The zero-order chi connectivity index (χ0) is 20.6. The van der Waals surface area contributed by atoms with Crippen molar-refractivity contribution in [3.8, 4) is 11.3 Å². The quantitative estimate of drug-likeness (QED) is 0.710. The number of carbonyl (C=O) groups excluding carboxylic acids is 1. The van der Waals surface area contributed by atoms with Crippen LogP contribution in [0.4, 0.5) is 0 Å². The molecule has 0 radical (unpaired) electrons. The second kappa shape index (κ2) is 7.34. The maximum atomic E-state index is 12.2. The summed E-state index contributed by atoms with van der Waals surface area (Å²) in [6.07, 6.45) is 0.591. The smallest absolute Gasteiger partial charge is 0.341 e. The average Bonchev–Trinajstić information content (AvgIpc) is 2.96. The number of fused-ring (bicyclic) bond motifs is 1. The molecule has 0 spiro atoms. The Labute approximate surface area is 162 Å². The molecular formula is C21H23N3O4. The lowest BCUT2D eigenvalue weighted by Gasteiger charge is -2.15. The fraction of sp³-hybridized carbons (Fsp3) is 0.286. The Morgan fingerprint density at radius 3 is 2.54 bits per heavy atom. The Hall–Kier alpha value is -3.35. The van der Waals surface area contributed by atoms with Gasteiger partial charge in [-0.15, -0.1) is 0 Å². The molecule has 0 saturated heterocycles. The number of carbonyl (C=O) groups is 2. The summed E-state index contributed by atoms with van der Waals surface area (Å²) in [5.41, 5.74) is 3.35. The van der Waals surface area contributed by atoms with Crippen molar-refractivity contribution in [3.63, 3.8) is 0 Å². The molecule has 7 nitrogen and oxygen atoms in total. The first-order valence-corrected chi connectivity index (χ1v) is 9.02. The summed E-state index contributed by atoms with van der Waals surface area (Å²) in [4.78, 5) is 39.3. The van der Waals surface area contributed by atoms with Crippen LogP contribution in [-0.4, -0.2) is 38.5 Å². The minimum absolute atomic E-state index is 0.00497. The van der Waals surface area contributed by atoms with Crippen LogP contribution in [0, 0.1) is 0 Å². The van der Waals surface area contributed by atoms with Gasteiger partial charge in [-0.2, -0.15) is 0 Å². The van der Waals surface area contributed by atoms with Gasteiger partial charge in [0.05, 0.1) is 12.2 Å². The summed E-state index contributed by atoms with van der Waals surface area (Å²) in [6.45, 7) is 3.95. The van der Waals surface area contributed by atoms with Crippen molar-refractivity contribution in [1.29, 1.82) is 0 Å². The highest BCUT2D eigenvalue weighted by atomic mass is 16.4. The number of aryl methyl sites for hydroxylation is 2. The van der Waals surface area contributed by atoms with E-state index in [0.29, 0.717) is 18.7 Å². The van der Waals surface area contributed by atoms with Gasteiger partial charge in [-0.3, -0.25) is 9.59 Å². The normalized spacial score (nSPS) is 11.0. The lowest BCUT2D eigenvalue weighted by atomic mass is 10.0. The summed E-state index contributed by atoms with van der Waals surface area (Å²) in [6, 6.07) is 9.31. The molecule has 28 heavy (non-hydrogen) atoms. The molecule has 7 heteroatoms. The first-order valence-electron chi connectivity index (χ1n) is 9.02. The molecule has 0 aliphatic carbocycles. The van der Waals surface area contributed by atoms with Gasteiger partial charge in [-0.1, -0.05) is 13.0 Å². The van der Waals surface area contributed by atoms with Gasteiger partial charge in [0.1, 0.15) is 5.56 Å². The average molecular weight is 381 g/mol. The van der Waals surface area contributed by atoms with Gasteiger partial charge in [0.2, 0.25) is 5.91 Å². The first-order chi connectivity index (χ1) is 13.2. The monoisotopic (exact) mass is 381 g/mol. The molecule has 3 rings (SSSR count). The fourth-order valence-electron chi connectivity index (χ4n) is 3.34. The third-order valence-electron chi connectivity index (χ3n) is 5.10. The molecule has 0 bridgehead atoms. The summed E-state index contributed by atoms with van der Waals surface area (Å²) in [5.74, 6) is -1.24. The number of aromatic nitrogens is 2. The number of carboxylic acid groups (broad SMARTS) is 1. The lowest BCUT2D eigenvalue weighted by Crippen LogP contribution is -2.24. The third-order valence-corrected chi connectivity index (χ3v) is 5.10. The minimum Gasteiger partial charge on any atom is -0.477 e. The number of carboxylic acids is 1. The number of benzene rings is 1. The van der Waals surface area contributed by atoms with E-state index in [-0.39, 0.29) is 11.5 Å². The van der Waals surface area contributed by atoms with Crippen molar-refractivity contribution >= 4 is 22.8 Å². The number of amides is 1. The van der Waals surface area contributed by atoms with Gasteiger partial charge < -0.3 is 19.6 Å². The van der Waals surface area contributed by atoms with Gasteiger partial charge in [-0.25, -0.2) is 4.79 Å². The highest BCUT2D eigenvalue weighted by Gasteiger charge is 2.16. The maximum absolute atomic E-state index is 12.2. The van der Waals surface area contributed by atoms with Crippen LogP contribution < -0.4 is 5.56 Å². The molecule has 2 heterocycles. The molecule has 3 aromatic rings. The maximum Gasteiger partial charge on any atom is 0.341 e. The predicted molar refractivity (Wildman–Crippen MR) is 107 cm³/mol. The zero-order valence-electron chi connectivity index (χ0n) is 16.4. The number of pyridine rings is 1. The van der Waals surface area contributed by atoms with E-state index in [9.17, 15) is 19.5 Å². The van der Waals surface area contributed by atoms with Crippen molar-refractivity contribution < 1.29 is 14.7 Å². The van der Waals surface area contributed by atoms with Gasteiger partial charge >= 0.3 is 5.97 Å². The number of aromatic carboxylic acids is 1. The van der Waals surface area contributed by atoms with Crippen molar-refractivity contribution in [2.45, 2.75) is 26.8 Å². The number of H-pyrrole nitrogens is 1. The summed E-state index contributed by atoms with van der Waals surface area (Å²) >= 11 is 0. The Morgan fingerprint density at radius 1 is 1.21 bits per heavy atom. The topological polar surface area (TPSA) is 95.4 Å². The first kappa shape index (κ1) is 19.4. The van der Waals surface area contributed by atoms with Crippen LogP contribution in [0.3, 0.4) is 0 Å². The van der Waals surface area contributed by atoms with Crippen molar-refractivity contribution in [2.24, 2.45) is 7.05 Å². The summed E-state index contributed by atoms with van der Waals surface area (Å²) in [5, 5.41) is 10.2. The SMILES string of the molecule is CCc1cc(C(=O)O)c(=O)[nH]c1-c1ccc2c(c1)cc(CN(C)C(C)=O)n2C. The van der Waals surface area contributed by atoms with Gasteiger partial charge in [0, 0.05) is 37.6 Å². The molecule has 0 atom stereocenters. The van der Waals surface area contributed by atoms with E-state index < -0.39 is 11.5 Å². The van der Waals surface area contributed by atoms with Crippen molar-refractivity contribution in [1.82, 2.24) is 14.5 Å². The van der Waals surface area contributed by atoms with Crippen LogP contribution >= 0.6 is 0 Å². The van der Waals surface area contributed by atoms with E-state index in [2.05, 4.69) is 4.98 Å². The number of aromatic amines is 1. The molecule has 2 aromatic heterocycles. The summed E-state index contributed by atoms with van der Waals surface area (Å²) in [7, 11) is 3.71. The van der Waals surface area contributed by atoms with E-state index >= 15 is 0 Å². The van der Waals surface area contributed by atoms with E-state index in [4.69, 9.17) is 0 Å². The van der Waals surface area contributed by atoms with E-state index in [0.717, 1.165) is 27.7 Å². The van der Waals surface area contributed by atoms with Crippen LogP contribution in [0.25, 0.3) is 22.2 Å². The number of nitrogens with one attached hydrogen (secondary N) is 1. The minimum atomic E-state index is -1.24. The fourth-order valence-corrected chi connectivity index (χ4v) is 3.34. The standard InChI is InChI=1S/C21H23N3O4/c1-5-13-10-17(21(27)28)20(26)22-19(13)14-6-7-18-15(8-14)9-16(24(18)4)11-23(3)12(2)25/h6-10H,5,11H2,1-4H3,(H,22,26)(H,27,28). The molecule has 0 aliphatic rings. The number of nitrogens with zero attached hydrogens (tertiary/aromatic N) is 2. The van der Waals surface area contributed by atoms with Crippen LogP contribution in [0.2, 0.25) is 0 Å². The molecule has 0 aliphatic heterocycles. The molecule has 0 unspecified atom stereocenters. The molecule has 1 aromatic carbocycles. The number of hydrogen-bond acceptors (Lipinski definition) is 3. The number of hydrogen-bond donors (Lipinski definition) is 2. The van der Waals surface area contributed by atoms with Gasteiger partial charge in [0.15, 0.2) is 0 Å². The van der Waals surface area contributed by atoms with E-state index in [1.807, 2.05) is 42.8 Å². The Balaban J connectivity index is 2.10. The van der Waals surface area contributed by atoms with Crippen LogP contribution in [0.5, 0.6) is 0 Å². The molecule has 146 valence electrons. The molecule has 0 fully saturated rings. The van der Waals surface area contributed by atoms with Crippen molar-refractivity contribution in [3.05, 3.63) is 57.5 Å². The third kappa shape index (κ3) is 3.43. The molecule has 2 N–H and O–H groups in total. The lowest BCUT2D eigenvalue weighted by molar-refractivity contribution is -0.128. The van der Waals surface area contributed by atoms with E-state index in [1.165, 1.54) is 13.0 Å². The predicted octanol–water partition coefficient (Wildman–Crippen LogP) is 2.77. The summed E-state index contributed by atoms with van der Waals surface area (Å²) < 4.78 is 2.04. The van der Waals surface area contributed by atoms with Crippen LogP contribution in [-0.2, 0) is 24.8 Å². The number of rotatable bonds is 5. The molecule has 1 amide bonds. The highest BCUT2D eigenvalue weighted by molar-refractivity contribution is 5.89. The molecular weight excluding hydrogens is 358 g/mol. The van der Waals surface area contributed by atoms with Gasteiger partial charge in [-0.05, 0) is 41.8 Å². The molecule has 0 saturated carbocycles. The largest absolute Gasteiger partial charge is 0.477 e. The van der Waals surface area contributed by atoms with Crippen molar-refractivity contribution in [2.75, 3.05) is 7.05 Å². The second-order valence-corrected chi connectivity index (χ2v) is 6.91. The van der Waals surface area contributed by atoms with E-state index in [1.54, 1.807) is 11.9 Å². The second-order valence-electron chi connectivity index (χ2n) is 6.91. The Kier molecular flexibility index (Phi) is 5.09. The van der Waals surface area contributed by atoms with Gasteiger partial charge in [0.25, 0.3) is 5.56 Å². The zero-order valence-corrected chi connectivity index (χ0v) is 16.4. The van der Waals surface area contributed by atoms with Crippen LogP contribution in [0.15, 0.2) is 35.1 Å². The van der Waals surface area contributed by atoms with Crippen LogP contribution in [0.1, 0.15) is 35.5 Å². The highest BCUT2D eigenvalue weighted by Crippen LogP contribution is 2.28.